The Bertz CT molecular complexity index is 1550. The van der Waals surface area contributed by atoms with Crippen LogP contribution in [-0.2, 0) is 0 Å². The first-order chi connectivity index (χ1) is 20.7. The van der Waals surface area contributed by atoms with E-state index in [1.165, 1.54) is 24.3 Å². The molecule has 0 amide bonds. The van der Waals surface area contributed by atoms with Gasteiger partial charge in [-0.15, -0.1) is 0 Å². The van der Waals surface area contributed by atoms with E-state index < -0.39 is 0 Å². The van der Waals surface area contributed by atoms with Gasteiger partial charge in [-0.25, -0.2) is 18.7 Å². The third-order valence-electron chi connectivity index (χ3n) is 7.61. The number of hydrogen-bond donors (Lipinski definition) is 2. The van der Waals surface area contributed by atoms with E-state index in [9.17, 15) is 8.78 Å². The summed E-state index contributed by atoms with van der Waals surface area (Å²) in [5.74, 6) is 0.408. The fraction of sp³-hybridized carbons (Fsp3) is 0.273. The summed E-state index contributed by atoms with van der Waals surface area (Å²) in [6.07, 6.45) is 0. The summed E-state index contributed by atoms with van der Waals surface area (Å²) in [6.45, 7) is 10.5. The van der Waals surface area contributed by atoms with Crippen LogP contribution in [0, 0.1) is 39.3 Å². The number of anilines is 2. The molecule has 3 aromatic carbocycles. The number of aliphatic imine (C=N–C) groups is 1. The SMILES string of the molecule is Cc1cc(C)nc(N/C(=N/C(=S)Nc2cccc(C)c2C)N2CCN(C(c3ccc(F)cc3)c3ccc(F)cc3)CC2)n1. The number of aryl methyl sites for hydroxylation is 3. The Morgan fingerprint density at radius 1 is 0.791 bits per heavy atom. The zero-order valence-corrected chi connectivity index (χ0v) is 25.6. The molecule has 5 rings (SSSR count). The molecule has 1 aromatic heterocycles. The molecular formula is C33H35F2N7S. The molecule has 1 aliphatic rings. The van der Waals surface area contributed by atoms with Crippen LogP contribution in [0.5, 0.6) is 0 Å². The molecule has 0 unspecified atom stereocenters. The van der Waals surface area contributed by atoms with Crippen molar-refractivity contribution in [3.05, 3.63) is 118 Å². The normalized spacial score (nSPS) is 14.2. The molecule has 43 heavy (non-hydrogen) atoms. The lowest BCUT2D eigenvalue weighted by atomic mass is 9.96. The second-order valence-electron chi connectivity index (χ2n) is 10.7. The van der Waals surface area contributed by atoms with Gasteiger partial charge in [-0.1, -0.05) is 36.4 Å². The number of thiocarbonyl (C=S) groups is 1. The molecule has 2 N–H and O–H groups in total. The van der Waals surface area contributed by atoms with Gasteiger partial charge in [0.2, 0.25) is 17.0 Å². The summed E-state index contributed by atoms with van der Waals surface area (Å²) >= 11 is 5.69. The van der Waals surface area contributed by atoms with Gasteiger partial charge in [-0.3, -0.25) is 10.2 Å². The number of guanidine groups is 1. The van der Waals surface area contributed by atoms with Crippen molar-refractivity contribution >= 4 is 34.9 Å². The Hall–Kier alpha value is -4.28. The first kappa shape index (κ1) is 30.2. The number of benzene rings is 3. The van der Waals surface area contributed by atoms with Gasteiger partial charge in [0.05, 0.1) is 6.04 Å². The van der Waals surface area contributed by atoms with E-state index in [0.717, 1.165) is 39.3 Å². The molecule has 7 nitrogen and oxygen atoms in total. The average Bonchev–Trinajstić information content (AvgIpc) is 2.97. The Morgan fingerprint density at radius 3 is 1.91 bits per heavy atom. The van der Waals surface area contributed by atoms with Crippen molar-refractivity contribution in [1.82, 2.24) is 19.8 Å². The highest BCUT2D eigenvalue weighted by Crippen LogP contribution is 2.30. The highest BCUT2D eigenvalue weighted by Gasteiger charge is 2.28. The highest BCUT2D eigenvalue weighted by atomic mass is 32.1. The van der Waals surface area contributed by atoms with E-state index >= 15 is 0 Å². The Labute approximate surface area is 256 Å². The molecule has 222 valence electrons. The van der Waals surface area contributed by atoms with Crippen LogP contribution in [-0.4, -0.2) is 57.0 Å². The zero-order valence-electron chi connectivity index (χ0n) is 24.7. The van der Waals surface area contributed by atoms with Crippen molar-refractivity contribution in [3.8, 4) is 0 Å². The monoisotopic (exact) mass is 599 g/mol. The van der Waals surface area contributed by atoms with Crippen molar-refractivity contribution in [1.29, 1.82) is 0 Å². The van der Waals surface area contributed by atoms with Gasteiger partial charge in [-0.2, -0.15) is 4.99 Å². The minimum atomic E-state index is -0.294. The van der Waals surface area contributed by atoms with E-state index in [1.54, 1.807) is 24.3 Å². The molecule has 0 atom stereocenters. The number of nitrogens with one attached hydrogen (secondary N) is 2. The predicted molar refractivity (Wildman–Crippen MR) is 172 cm³/mol. The summed E-state index contributed by atoms with van der Waals surface area (Å²) in [5.41, 5.74) is 6.74. The minimum Gasteiger partial charge on any atom is -0.340 e. The molecule has 0 saturated carbocycles. The van der Waals surface area contributed by atoms with E-state index in [4.69, 9.17) is 17.2 Å². The topological polar surface area (TPSA) is 68.7 Å². The van der Waals surface area contributed by atoms with E-state index in [-0.39, 0.29) is 17.7 Å². The van der Waals surface area contributed by atoms with Gasteiger partial charge in [-0.05, 0) is 98.6 Å². The molecule has 1 saturated heterocycles. The Morgan fingerprint density at radius 2 is 1.35 bits per heavy atom. The number of rotatable bonds is 5. The summed E-state index contributed by atoms with van der Waals surface area (Å²) in [4.78, 5) is 18.4. The Balaban J connectivity index is 1.40. The standard InChI is InChI=1S/C33H35F2N7S/c1-21-6-5-7-29(24(21)4)38-33(43)40-32(39-31-36-22(2)20-23(3)37-31)42-18-16-41(17-19-42)30(25-8-12-27(34)13-9-25)26-10-14-28(35)15-11-26/h5-15,20,30H,16-19H2,1-4H3,(H2,36,37,38,39,40,43). The molecule has 4 aromatic rings. The number of nitrogens with zero attached hydrogens (tertiary/aromatic N) is 5. The van der Waals surface area contributed by atoms with Gasteiger partial charge in [0.15, 0.2) is 0 Å². The van der Waals surface area contributed by atoms with Crippen LogP contribution in [0.2, 0.25) is 0 Å². The van der Waals surface area contributed by atoms with Gasteiger partial charge in [0, 0.05) is 43.3 Å². The van der Waals surface area contributed by atoms with Crippen LogP contribution in [0.3, 0.4) is 0 Å². The van der Waals surface area contributed by atoms with E-state index in [0.29, 0.717) is 43.2 Å². The molecular weight excluding hydrogens is 564 g/mol. The third-order valence-corrected chi connectivity index (χ3v) is 7.80. The summed E-state index contributed by atoms with van der Waals surface area (Å²) in [5, 5.41) is 6.91. The van der Waals surface area contributed by atoms with Crippen LogP contribution < -0.4 is 10.6 Å². The van der Waals surface area contributed by atoms with Crippen LogP contribution in [0.25, 0.3) is 0 Å². The fourth-order valence-corrected chi connectivity index (χ4v) is 5.48. The largest absolute Gasteiger partial charge is 0.340 e. The molecule has 0 spiro atoms. The van der Waals surface area contributed by atoms with E-state index in [2.05, 4.69) is 43.4 Å². The molecule has 0 radical (unpaired) electrons. The second-order valence-corrected chi connectivity index (χ2v) is 11.1. The first-order valence-corrected chi connectivity index (χ1v) is 14.6. The van der Waals surface area contributed by atoms with Crippen LogP contribution in [0.1, 0.15) is 39.7 Å². The number of halogens is 2. The second kappa shape index (κ2) is 13.4. The lowest BCUT2D eigenvalue weighted by molar-refractivity contribution is 0.150. The van der Waals surface area contributed by atoms with Crippen LogP contribution >= 0.6 is 12.2 Å². The average molecular weight is 600 g/mol. The third kappa shape index (κ3) is 7.57. The maximum absolute atomic E-state index is 13.8. The lowest BCUT2D eigenvalue weighted by Crippen LogP contribution is -2.52. The highest BCUT2D eigenvalue weighted by molar-refractivity contribution is 7.80. The van der Waals surface area contributed by atoms with Gasteiger partial charge in [0.25, 0.3) is 0 Å². The lowest BCUT2D eigenvalue weighted by Gasteiger charge is -2.40. The van der Waals surface area contributed by atoms with Crippen molar-refractivity contribution in [2.45, 2.75) is 33.7 Å². The quantitative estimate of drug-likeness (QED) is 0.153. The molecule has 10 heteroatoms. The molecule has 0 bridgehead atoms. The van der Waals surface area contributed by atoms with Gasteiger partial charge < -0.3 is 10.2 Å². The maximum atomic E-state index is 13.8. The molecule has 1 fully saturated rings. The fourth-order valence-electron chi connectivity index (χ4n) is 5.28. The van der Waals surface area contributed by atoms with Crippen molar-refractivity contribution in [3.63, 3.8) is 0 Å². The van der Waals surface area contributed by atoms with Gasteiger partial charge in [0.1, 0.15) is 11.6 Å². The predicted octanol–water partition coefficient (Wildman–Crippen LogP) is 6.56. The van der Waals surface area contributed by atoms with Crippen molar-refractivity contribution in [2.24, 2.45) is 4.99 Å². The summed E-state index contributed by atoms with van der Waals surface area (Å²) < 4.78 is 27.6. The van der Waals surface area contributed by atoms with Gasteiger partial charge >= 0.3 is 0 Å². The smallest absolute Gasteiger partial charge is 0.229 e. The summed E-state index contributed by atoms with van der Waals surface area (Å²) in [7, 11) is 0. The Kier molecular flexibility index (Phi) is 9.37. The molecule has 0 aliphatic carbocycles. The first-order valence-electron chi connectivity index (χ1n) is 14.2. The molecule has 1 aliphatic heterocycles. The maximum Gasteiger partial charge on any atom is 0.229 e. The zero-order chi connectivity index (χ0) is 30.5. The molecule has 2 heterocycles. The summed E-state index contributed by atoms with van der Waals surface area (Å²) in [6, 6.07) is 20.8. The van der Waals surface area contributed by atoms with Crippen LogP contribution in [0.4, 0.5) is 20.4 Å². The van der Waals surface area contributed by atoms with E-state index in [1.807, 2.05) is 39.0 Å². The number of hydrogen-bond acceptors (Lipinski definition) is 4. The number of piperazine rings is 1. The van der Waals surface area contributed by atoms with Crippen molar-refractivity contribution in [2.75, 3.05) is 36.8 Å². The minimum absolute atomic E-state index is 0.161. The van der Waals surface area contributed by atoms with Crippen LogP contribution in [0.15, 0.2) is 77.8 Å². The van der Waals surface area contributed by atoms with Crippen molar-refractivity contribution < 1.29 is 8.78 Å². The number of aromatic nitrogens is 2.